The van der Waals surface area contributed by atoms with Crippen LogP contribution in [0.3, 0.4) is 0 Å². The van der Waals surface area contributed by atoms with Gasteiger partial charge >= 0.3 is 0 Å². The number of Topliss-reactive ketones (excluding diaryl/α,β-unsaturated/α-hetero) is 1. The Morgan fingerprint density at radius 1 is 1.22 bits per heavy atom. The topological polar surface area (TPSA) is 78.4 Å². The number of ketones is 1. The predicted octanol–water partition coefficient (Wildman–Crippen LogP) is 0.324. The van der Waals surface area contributed by atoms with Crippen molar-refractivity contribution >= 4 is 11.7 Å². The molecular formula is C13H26N2O3. The lowest BCUT2D eigenvalue weighted by atomic mass is 9.91. The van der Waals surface area contributed by atoms with Crippen molar-refractivity contribution in [3.8, 4) is 0 Å². The molecule has 0 aromatic heterocycles. The molecule has 0 spiro atoms. The Bertz CT molecular complexity index is 267. The van der Waals surface area contributed by atoms with Crippen LogP contribution in [-0.2, 0) is 9.59 Å². The number of rotatable bonds is 9. The van der Waals surface area contributed by atoms with Crippen LogP contribution in [0.1, 0.15) is 33.1 Å². The van der Waals surface area contributed by atoms with Gasteiger partial charge in [-0.1, -0.05) is 13.8 Å². The van der Waals surface area contributed by atoms with E-state index in [1.165, 1.54) is 0 Å². The Kier molecular flexibility index (Phi) is 8.58. The van der Waals surface area contributed by atoms with E-state index in [-0.39, 0.29) is 30.8 Å². The van der Waals surface area contributed by atoms with E-state index in [2.05, 4.69) is 24.5 Å². The van der Waals surface area contributed by atoms with E-state index in [1.54, 1.807) is 14.1 Å². The molecule has 5 heteroatoms. The molecule has 0 bridgehead atoms. The third-order valence-electron chi connectivity index (χ3n) is 2.99. The van der Waals surface area contributed by atoms with E-state index >= 15 is 0 Å². The highest BCUT2D eigenvalue weighted by Gasteiger charge is 2.25. The lowest BCUT2D eigenvalue weighted by Crippen LogP contribution is -2.39. The smallest absolute Gasteiger partial charge is 0.223 e. The van der Waals surface area contributed by atoms with Gasteiger partial charge in [-0.25, -0.2) is 0 Å². The molecule has 1 amide bonds. The van der Waals surface area contributed by atoms with Crippen molar-refractivity contribution in [1.29, 1.82) is 0 Å². The normalized spacial score (nSPS) is 14.3. The average Bonchev–Trinajstić information content (AvgIpc) is 2.33. The zero-order chi connectivity index (χ0) is 14.1. The van der Waals surface area contributed by atoms with Gasteiger partial charge in [-0.15, -0.1) is 0 Å². The van der Waals surface area contributed by atoms with Crippen LogP contribution in [0.5, 0.6) is 0 Å². The van der Waals surface area contributed by atoms with Crippen molar-refractivity contribution in [3.05, 3.63) is 0 Å². The first kappa shape index (κ1) is 17.1. The number of aliphatic hydroxyl groups is 1. The summed E-state index contributed by atoms with van der Waals surface area (Å²) < 4.78 is 0. The van der Waals surface area contributed by atoms with Crippen LogP contribution in [0.15, 0.2) is 0 Å². The monoisotopic (exact) mass is 258 g/mol. The number of amides is 1. The minimum atomic E-state index is -0.435. The quantitative estimate of drug-likeness (QED) is 0.557. The van der Waals surface area contributed by atoms with Crippen molar-refractivity contribution in [2.45, 2.75) is 39.2 Å². The van der Waals surface area contributed by atoms with Gasteiger partial charge in [0.1, 0.15) is 0 Å². The van der Waals surface area contributed by atoms with Crippen LogP contribution >= 0.6 is 0 Å². The summed E-state index contributed by atoms with van der Waals surface area (Å²) in [5.74, 6) is -0.164. The van der Waals surface area contributed by atoms with Gasteiger partial charge in [0.25, 0.3) is 0 Å². The molecule has 0 fully saturated rings. The number of aliphatic hydroxyl groups excluding tert-OH is 1. The Morgan fingerprint density at radius 2 is 1.83 bits per heavy atom. The zero-order valence-electron chi connectivity index (χ0n) is 11.8. The van der Waals surface area contributed by atoms with Crippen molar-refractivity contribution in [2.24, 2.45) is 11.8 Å². The summed E-state index contributed by atoms with van der Waals surface area (Å²) in [6.45, 7) is 4.03. The summed E-state index contributed by atoms with van der Waals surface area (Å²) in [5.41, 5.74) is 0. The third-order valence-corrected chi connectivity index (χ3v) is 2.99. The molecule has 106 valence electrons. The SMILES string of the molecule is CNC(=O)[C@H](CCO)CC(=O)[C@H](CC(C)C)NC. The maximum Gasteiger partial charge on any atom is 0.223 e. The standard InChI is InChI=1S/C13H26N2O3/c1-9(2)7-11(14-3)12(17)8-10(5-6-16)13(18)15-4/h9-11,14,16H,5-8H2,1-4H3,(H,15,18)/t10-,11+/m1/s1. The molecule has 0 aromatic rings. The number of nitrogens with one attached hydrogen (secondary N) is 2. The van der Waals surface area contributed by atoms with E-state index < -0.39 is 5.92 Å². The summed E-state index contributed by atoms with van der Waals surface area (Å²) in [5, 5.41) is 14.5. The molecule has 0 saturated heterocycles. The first-order valence-electron chi connectivity index (χ1n) is 6.48. The minimum Gasteiger partial charge on any atom is -0.396 e. The maximum absolute atomic E-state index is 12.1. The summed E-state index contributed by atoms with van der Waals surface area (Å²) in [7, 11) is 3.30. The molecule has 18 heavy (non-hydrogen) atoms. The lowest BCUT2D eigenvalue weighted by Gasteiger charge is -2.20. The van der Waals surface area contributed by atoms with Crippen LogP contribution in [0, 0.1) is 11.8 Å². The van der Waals surface area contributed by atoms with Crippen LogP contribution in [0.4, 0.5) is 0 Å². The molecule has 5 nitrogen and oxygen atoms in total. The fourth-order valence-corrected chi connectivity index (χ4v) is 1.95. The fourth-order valence-electron chi connectivity index (χ4n) is 1.95. The molecule has 0 radical (unpaired) electrons. The average molecular weight is 258 g/mol. The Balaban J connectivity index is 4.50. The van der Waals surface area contributed by atoms with Crippen LogP contribution in [-0.4, -0.2) is 43.5 Å². The molecule has 0 saturated carbocycles. The minimum absolute atomic E-state index is 0.0354. The van der Waals surface area contributed by atoms with Gasteiger partial charge in [0.15, 0.2) is 5.78 Å². The lowest BCUT2D eigenvalue weighted by molar-refractivity contribution is -0.130. The van der Waals surface area contributed by atoms with Crippen molar-refractivity contribution in [2.75, 3.05) is 20.7 Å². The highest BCUT2D eigenvalue weighted by molar-refractivity contribution is 5.89. The Labute approximate surface area is 109 Å². The van der Waals surface area contributed by atoms with Gasteiger partial charge in [-0.05, 0) is 25.8 Å². The summed E-state index contributed by atoms with van der Waals surface area (Å²) in [6.07, 6.45) is 1.26. The molecule has 0 aliphatic heterocycles. The second kappa shape index (κ2) is 9.05. The van der Waals surface area contributed by atoms with Gasteiger partial charge in [0, 0.05) is 26.0 Å². The molecule has 0 rings (SSSR count). The molecule has 0 aliphatic carbocycles. The third kappa shape index (κ3) is 6.12. The molecule has 0 aromatic carbocycles. The maximum atomic E-state index is 12.1. The molecule has 0 unspecified atom stereocenters. The van der Waals surface area contributed by atoms with Crippen molar-refractivity contribution in [1.82, 2.24) is 10.6 Å². The molecule has 3 N–H and O–H groups in total. The Morgan fingerprint density at radius 3 is 2.22 bits per heavy atom. The number of carbonyl (C=O) groups excluding carboxylic acids is 2. The van der Waals surface area contributed by atoms with Gasteiger partial charge in [-0.3, -0.25) is 9.59 Å². The fraction of sp³-hybridized carbons (Fsp3) is 0.846. The second-order valence-corrected chi connectivity index (χ2v) is 4.96. The molecular weight excluding hydrogens is 232 g/mol. The van der Waals surface area contributed by atoms with Gasteiger partial charge in [0.05, 0.1) is 6.04 Å². The molecule has 0 aliphatic rings. The van der Waals surface area contributed by atoms with Crippen LogP contribution in [0.2, 0.25) is 0 Å². The van der Waals surface area contributed by atoms with Gasteiger partial charge in [0.2, 0.25) is 5.91 Å². The van der Waals surface area contributed by atoms with Crippen LogP contribution in [0.25, 0.3) is 0 Å². The van der Waals surface area contributed by atoms with E-state index in [0.29, 0.717) is 12.3 Å². The number of hydrogen-bond acceptors (Lipinski definition) is 4. The van der Waals surface area contributed by atoms with E-state index in [9.17, 15) is 9.59 Å². The molecule has 0 heterocycles. The summed E-state index contributed by atoms with van der Waals surface area (Å²) in [4.78, 5) is 23.7. The highest BCUT2D eigenvalue weighted by atomic mass is 16.3. The summed E-state index contributed by atoms with van der Waals surface area (Å²) in [6, 6.07) is -0.212. The first-order valence-corrected chi connectivity index (χ1v) is 6.48. The highest BCUT2D eigenvalue weighted by Crippen LogP contribution is 2.14. The second-order valence-electron chi connectivity index (χ2n) is 4.96. The van der Waals surface area contributed by atoms with E-state index in [1.807, 2.05) is 0 Å². The van der Waals surface area contributed by atoms with E-state index in [0.717, 1.165) is 6.42 Å². The van der Waals surface area contributed by atoms with Gasteiger partial charge in [-0.2, -0.15) is 0 Å². The number of likely N-dealkylation sites (N-methyl/N-ethyl adjacent to an activating group) is 1. The van der Waals surface area contributed by atoms with E-state index in [4.69, 9.17) is 5.11 Å². The number of carbonyl (C=O) groups is 2. The number of hydrogen-bond donors (Lipinski definition) is 3. The summed E-state index contributed by atoms with van der Waals surface area (Å²) >= 11 is 0. The first-order chi connectivity index (χ1) is 8.46. The van der Waals surface area contributed by atoms with Crippen molar-refractivity contribution in [3.63, 3.8) is 0 Å². The van der Waals surface area contributed by atoms with Crippen molar-refractivity contribution < 1.29 is 14.7 Å². The van der Waals surface area contributed by atoms with Crippen LogP contribution < -0.4 is 10.6 Å². The predicted molar refractivity (Wildman–Crippen MR) is 71.2 cm³/mol. The Hall–Kier alpha value is -0.940. The van der Waals surface area contributed by atoms with Gasteiger partial charge < -0.3 is 15.7 Å². The largest absolute Gasteiger partial charge is 0.396 e. The molecule has 2 atom stereocenters. The zero-order valence-corrected chi connectivity index (χ0v) is 11.8.